The second kappa shape index (κ2) is 3.74. The first-order chi connectivity index (χ1) is 6.69. The Kier molecular flexibility index (Phi) is 2.81. The summed E-state index contributed by atoms with van der Waals surface area (Å²) < 4.78 is 10.1. The number of hydrogen-bond donors (Lipinski definition) is 0. The molecule has 1 aromatic carbocycles. The minimum atomic E-state index is -0.659. The Hall–Kier alpha value is -1.82. The lowest BCUT2D eigenvalue weighted by Crippen LogP contribution is -1.92. The van der Waals surface area contributed by atoms with Crippen LogP contribution in [0.1, 0.15) is 17.2 Å². The third kappa shape index (κ3) is 1.59. The van der Waals surface area contributed by atoms with Crippen molar-refractivity contribution >= 4 is 0 Å². The van der Waals surface area contributed by atoms with Gasteiger partial charge in [0.05, 0.1) is 14.2 Å². The highest BCUT2D eigenvalue weighted by Crippen LogP contribution is 2.49. The third-order valence-electron chi connectivity index (χ3n) is 2.31. The maximum absolute atomic E-state index is 10.5. The van der Waals surface area contributed by atoms with Crippen molar-refractivity contribution in [3.8, 4) is 11.5 Å². The summed E-state index contributed by atoms with van der Waals surface area (Å²) in [6, 6.07) is 2.65. The lowest BCUT2D eigenvalue weighted by Gasteiger charge is -2.03. The lowest BCUT2D eigenvalue weighted by atomic mass is 10.3. The summed E-state index contributed by atoms with van der Waals surface area (Å²) in [5.41, 5.74) is 1.43. The number of benzene rings is 1. The molecule has 0 fully saturated rings. The van der Waals surface area contributed by atoms with Crippen LogP contribution in [0.5, 0.6) is 11.5 Å². The fourth-order valence-corrected chi connectivity index (χ4v) is 1.54. The molecule has 0 bridgehead atoms. The van der Waals surface area contributed by atoms with Crippen LogP contribution in [0.3, 0.4) is 0 Å². The van der Waals surface area contributed by atoms with Crippen molar-refractivity contribution in [1.82, 2.24) is 0 Å². The summed E-state index contributed by atoms with van der Waals surface area (Å²) in [6.45, 7) is 0. The minimum Gasteiger partial charge on any atom is -0.493 e. The molecule has 0 atom stereocenters. The van der Waals surface area contributed by atoms with Crippen molar-refractivity contribution in [2.75, 3.05) is 14.2 Å². The van der Waals surface area contributed by atoms with Gasteiger partial charge in [0, 0.05) is 16.1 Å². The van der Waals surface area contributed by atoms with E-state index >= 15 is 0 Å². The topological polar surface area (TPSA) is 93.1 Å². The van der Waals surface area contributed by atoms with Crippen LogP contribution in [0.2, 0.25) is 0 Å². The molecule has 0 saturated heterocycles. The van der Waals surface area contributed by atoms with Gasteiger partial charge < -0.3 is 14.9 Å². The lowest BCUT2D eigenvalue weighted by molar-refractivity contribution is -0.503. The van der Waals surface area contributed by atoms with Crippen LogP contribution in [0, 0.1) is 10.1 Å². The standard InChI is InChI=1S/C9H9NO4.H2O/c1-13-7-3-5-6(4-8(7)14-2)9(5)10(11)12;/h3-4,9H,1-2H3;1H2. The third-order valence-corrected chi connectivity index (χ3v) is 2.31. The van der Waals surface area contributed by atoms with Crippen LogP contribution in [-0.2, 0) is 0 Å². The molecule has 82 valence electrons. The Bertz CT molecular complexity index is 373. The molecule has 1 aromatic rings. The largest absolute Gasteiger partial charge is 0.493 e. The number of nitro groups is 1. The highest BCUT2D eigenvalue weighted by Gasteiger charge is 2.45. The van der Waals surface area contributed by atoms with Crippen LogP contribution < -0.4 is 9.47 Å². The van der Waals surface area contributed by atoms with Gasteiger partial charge in [0.2, 0.25) is 0 Å². The van der Waals surface area contributed by atoms with Crippen LogP contribution in [0.15, 0.2) is 12.1 Å². The van der Waals surface area contributed by atoms with Gasteiger partial charge in [-0.2, -0.15) is 0 Å². The molecule has 1 aliphatic carbocycles. The van der Waals surface area contributed by atoms with E-state index in [1.54, 1.807) is 12.1 Å². The molecule has 0 unspecified atom stereocenters. The van der Waals surface area contributed by atoms with Gasteiger partial charge >= 0.3 is 0 Å². The number of nitrogens with zero attached hydrogens (tertiary/aromatic N) is 1. The Morgan fingerprint density at radius 1 is 1.20 bits per heavy atom. The van der Waals surface area contributed by atoms with Gasteiger partial charge in [-0.05, 0) is 12.1 Å². The maximum atomic E-state index is 10.5. The number of ether oxygens (including phenoxy) is 2. The SMILES string of the molecule is COc1cc2c(cc1OC)C2[N+](=O)[O-].O. The van der Waals surface area contributed by atoms with Gasteiger partial charge in [0.25, 0.3) is 6.04 Å². The van der Waals surface area contributed by atoms with Gasteiger partial charge in [0.1, 0.15) is 0 Å². The Morgan fingerprint density at radius 3 is 1.87 bits per heavy atom. The van der Waals surface area contributed by atoms with Crippen molar-refractivity contribution in [1.29, 1.82) is 0 Å². The number of fused-ring (bicyclic) bond motifs is 1. The zero-order valence-electron chi connectivity index (χ0n) is 8.31. The van der Waals surface area contributed by atoms with E-state index in [-0.39, 0.29) is 10.4 Å². The average molecular weight is 213 g/mol. The molecular formula is C9H11NO5. The van der Waals surface area contributed by atoms with E-state index in [2.05, 4.69) is 0 Å². The second-order valence-electron chi connectivity index (χ2n) is 3.02. The normalized spacial score (nSPS) is 12.4. The summed E-state index contributed by atoms with van der Waals surface area (Å²) in [6.07, 6.45) is 0. The molecule has 0 radical (unpaired) electrons. The van der Waals surface area contributed by atoms with Gasteiger partial charge in [-0.25, -0.2) is 0 Å². The highest BCUT2D eigenvalue weighted by molar-refractivity contribution is 5.59. The second-order valence-corrected chi connectivity index (χ2v) is 3.02. The number of rotatable bonds is 3. The summed E-state index contributed by atoms with van der Waals surface area (Å²) in [5, 5.41) is 10.5. The van der Waals surface area contributed by atoms with Gasteiger partial charge in [-0.3, -0.25) is 10.1 Å². The number of hydrogen-bond acceptors (Lipinski definition) is 4. The molecule has 0 aromatic heterocycles. The first kappa shape index (κ1) is 11.3. The molecule has 15 heavy (non-hydrogen) atoms. The first-order valence-corrected chi connectivity index (χ1v) is 4.08. The van der Waals surface area contributed by atoms with Crippen LogP contribution in [0.25, 0.3) is 0 Å². The van der Waals surface area contributed by atoms with E-state index in [0.717, 1.165) is 0 Å². The van der Waals surface area contributed by atoms with Crippen molar-refractivity contribution in [3.63, 3.8) is 0 Å². The van der Waals surface area contributed by atoms with Crippen molar-refractivity contribution in [3.05, 3.63) is 33.4 Å². The minimum absolute atomic E-state index is 0. The highest BCUT2D eigenvalue weighted by atomic mass is 16.6. The van der Waals surface area contributed by atoms with Gasteiger partial charge in [0.15, 0.2) is 11.5 Å². The monoisotopic (exact) mass is 213 g/mol. The molecule has 0 saturated carbocycles. The maximum Gasteiger partial charge on any atom is 0.264 e. The van der Waals surface area contributed by atoms with Crippen molar-refractivity contribution < 1.29 is 19.9 Å². The molecule has 6 heteroatoms. The fourth-order valence-electron chi connectivity index (χ4n) is 1.54. The molecule has 0 aliphatic heterocycles. The zero-order chi connectivity index (χ0) is 10.3. The smallest absolute Gasteiger partial charge is 0.264 e. The summed E-state index contributed by atoms with van der Waals surface area (Å²) >= 11 is 0. The van der Waals surface area contributed by atoms with Gasteiger partial charge in [-0.1, -0.05) is 0 Å². The van der Waals surface area contributed by atoms with Gasteiger partial charge in [-0.15, -0.1) is 0 Å². The molecular weight excluding hydrogens is 202 g/mol. The molecule has 2 rings (SSSR count). The van der Waals surface area contributed by atoms with Crippen LogP contribution in [0.4, 0.5) is 0 Å². The van der Waals surface area contributed by atoms with E-state index in [0.29, 0.717) is 22.6 Å². The summed E-state index contributed by atoms with van der Waals surface area (Å²) in [4.78, 5) is 10.2. The molecule has 0 amide bonds. The average Bonchev–Trinajstić information content (AvgIpc) is 2.88. The van der Waals surface area contributed by atoms with Crippen molar-refractivity contribution in [2.45, 2.75) is 6.04 Å². The molecule has 0 heterocycles. The first-order valence-electron chi connectivity index (χ1n) is 4.08. The predicted molar refractivity (Wildman–Crippen MR) is 52.0 cm³/mol. The Morgan fingerprint density at radius 2 is 1.60 bits per heavy atom. The Balaban J connectivity index is 0.00000112. The molecule has 1 aliphatic rings. The zero-order valence-corrected chi connectivity index (χ0v) is 8.31. The van der Waals surface area contributed by atoms with Crippen LogP contribution >= 0.6 is 0 Å². The summed E-state index contributed by atoms with van der Waals surface area (Å²) in [5.74, 6) is 1.08. The fraction of sp³-hybridized carbons (Fsp3) is 0.333. The predicted octanol–water partition coefficient (Wildman–Crippen LogP) is 0.559. The quantitative estimate of drug-likeness (QED) is 0.541. The van der Waals surface area contributed by atoms with E-state index in [4.69, 9.17) is 9.47 Å². The van der Waals surface area contributed by atoms with E-state index in [1.165, 1.54) is 14.2 Å². The molecule has 6 nitrogen and oxygen atoms in total. The molecule has 2 N–H and O–H groups in total. The molecule has 0 spiro atoms. The Labute approximate surface area is 85.9 Å². The number of methoxy groups -OCH3 is 2. The van der Waals surface area contributed by atoms with E-state index in [9.17, 15) is 10.1 Å². The van der Waals surface area contributed by atoms with Crippen LogP contribution in [-0.4, -0.2) is 24.6 Å². The van der Waals surface area contributed by atoms with E-state index < -0.39 is 6.04 Å². The van der Waals surface area contributed by atoms with E-state index in [1.807, 2.05) is 0 Å². The summed E-state index contributed by atoms with van der Waals surface area (Å²) in [7, 11) is 3.02. The van der Waals surface area contributed by atoms with Crippen molar-refractivity contribution in [2.24, 2.45) is 0 Å².